The predicted octanol–water partition coefficient (Wildman–Crippen LogP) is 3.43. The molecule has 0 atom stereocenters. The van der Waals surface area contributed by atoms with Crippen LogP contribution in [0.3, 0.4) is 0 Å². The third-order valence-electron chi connectivity index (χ3n) is 2.20. The Kier molecular flexibility index (Phi) is 2.92. The van der Waals surface area contributed by atoms with Crippen LogP contribution in [0.5, 0.6) is 11.5 Å². The van der Waals surface area contributed by atoms with Crippen molar-refractivity contribution in [3.8, 4) is 21.9 Å². The zero-order chi connectivity index (χ0) is 10.7. The number of rotatable bonds is 3. The lowest BCUT2D eigenvalue weighted by atomic mass is 10.2. The molecule has 1 heterocycles. The fourth-order valence-electron chi connectivity index (χ4n) is 1.41. The molecule has 0 radical (unpaired) electrons. The Balaban J connectivity index is 2.37. The van der Waals surface area contributed by atoms with Gasteiger partial charge in [-0.05, 0) is 41.3 Å². The number of hydrogen-bond acceptors (Lipinski definition) is 3. The first kappa shape index (κ1) is 10.1. The molecular formula is C12H12O2S. The van der Waals surface area contributed by atoms with Gasteiger partial charge < -0.3 is 9.47 Å². The molecule has 2 rings (SSSR count). The van der Waals surface area contributed by atoms with Crippen molar-refractivity contribution in [1.29, 1.82) is 0 Å². The second kappa shape index (κ2) is 4.36. The van der Waals surface area contributed by atoms with E-state index in [-0.39, 0.29) is 0 Å². The van der Waals surface area contributed by atoms with E-state index in [9.17, 15) is 0 Å². The molecule has 0 saturated carbocycles. The predicted molar refractivity (Wildman–Crippen MR) is 62.9 cm³/mol. The quantitative estimate of drug-likeness (QED) is 0.789. The summed E-state index contributed by atoms with van der Waals surface area (Å²) in [7, 11) is 3.36. The van der Waals surface area contributed by atoms with Crippen molar-refractivity contribution in [3.63, 3.8) is 0 Å². The van der Waals surface area contributed by atoms with E-state index in [1.54, 1.807) is 25.6 Å². The molecule has 0 unspecified atom stereocenters. The van der Waals surface area contributed by atoms with Gasteiger partial charge in [0.15, 0.2) is 0 Å². The van der Waals surface area contributed by atoms with Crippen molar-refractivity contribution in [2.24, 2.45) is 0 Å². The second-order valence-corrected chi connectivity index (χ2v) is 3.96. The van der Waals surface area contributed by atoms with E-state index < -0.39 is 0 Å². The Hall–Kier alpha value is -1.48. The van der Waals surface area contributed by atoms with Crippen molar-refractivity contribution in [3.05, 3.63) is 35.7 Å². The molecule has 3 heteroatoms. The zero-order valence-corrected chi connectivity index (χ0v) is 9.51. The summed E-state index contributed by atoms with van der Waals surface area (Å²) < 4.78 is 10.4. The van der Waals surface area contributed by atoms with Gasteiger partial charge >= 0.3 is 0 Å². The number of thiophene rings is 1. The largest absolute Gasteiger partial charge is 0.497 e. The summed E-state index contributed by atoms with van der Waals surface area (Å²) in [6, 6.07) is 9.95. The zero-order valence-electron chi connectivity index (χ0n) is 8.69. The van der Waals surface area contributed by atoms with E-state index in [2.05, 4.69) is 0 Å². The molecule has 0 saturated heterocycles. The van der Waals surface area contributed by atoms with E-state index >= 15 is 0 Å². The number of methoxy groups -OCH3 is 2. The molecule has 0 aliphatic carbocycles. The van der Waals surface area contributed by atoms with E-state index in [0.29, 0.717) is 0 Å². The maximum Gasteiger partial charge on any atom is 0.137 e. The molecule has 0 fully saturated rings. The maximum atomic E-state index is 5.28. The van der Waals surface area contributed by atoms with Gasteiger partial charge in [0.2, 0.25) is 0 Å². The molecule has 78 valence electrons. The Morgan fingerprint density at radius 2 is 1.67 bits per heavy atom. The molecule has 1 aromatic heterocycles. The topological polar surface area (TPSA) is 18.5 Å². The minimum absolute atomic E-state index is 0.870. The van der Waals surface area contributed by atoms with Gasteiger partial charge in [-0.15, -0.1) is 11.3 Å². The summed E-state index contributed by atoms with van der Waals surface area (Å²) in [6.45, 7) is 0. The average molecular weight is 220 g/mol. The molecule has 0 aliphatic rings. The van der Waals surface area contributed by atoms with Gasteiger partial charge in [0.25, 0.3) is 0 Å². The van der Waals surface area contributed by atoms with Crippen LogP contribution in [-0.2, 0) is 0 Å². The van der Waals surface area contributed by atoms with Gasteiger partial charge in [0.05, 0.1) is 19.1 Å². The van der Waals surface area contributed by atoms with Gasteiger partial charge in [-0.3, -0.25) is 0 Å². The number of hydrogen-bond donors (Lipinski definition) is 0. The lowest BCUT2D eigenvalue weighted by molar-refractivity contribution is 0.414. The van der Waals surface area contributed by atoms with Crippen LogP contribution in [-0.4, -0.2) is 14.2 Å². The van der Waals surface area contributed by atoms with Gasteiger partial charge in [-0.25, -0.2) is 0 Å². The smallest absolute Gasteiger partial charge is 0.137 e. The lowest BCUT2D eigenvalue weighted by Crippen LogP contribution is -1.84. The van der Waals surface area contributed by atoms with Crippen LogP contribution < -0.4 is 9.47 Å². The summed E-state index contributed by atoms with van der Waals surface area (Å²) in [5.74, 6) is 1.79. The summed E-state index contributed by atoms with van der Waals surface area (Å²) in [5.41, 5.74) is 1.16. The highest BCUT2D eigenvalue weighted by Gasteiger charge is 2.06. The number of ether oxygens (including phenoxy) is 2. The number of benzene rings is 1. The van der Waals surface area contributed by atoms with Crippen LogP contribution >= 0.6 is 11.3 Å². The summed E-state index contributed by atoms with van der Waals surface area (Å²) in [4.78, 5) is 1.15. The molecule has 1 aromatic carbocycles. The van der Waals surface area contributed by atoms with Gasteiger partial charge in [0.1, 0.15) is 11.5 Å². The van der Waals surface area contributed by atoms with Crippen LogP contribution in [0.15, 0.2) is 35.7 Å². The molecule has 2 aromatic rings. The summed E-state index contributed by atoms with van der Waals surface area (Å²) >= 11 is 1.67. The van der Waals surface area contributed by atoms with Crippen LogP contribution in [0.1, 0.15) is 0 Å². The van der Waals surface area contributed by atoms with Gasteiger partial charge in [-0.2, -0.15) is 0 Å². The van der Waals surface area contributed by atoms with Crippen molar-refractivity contribution in [2.75, 3.05) is 14.2 Å². The Morgan fingerprint density at radius 1 is 0.933 bits per heavy atom. The van der Waals surface area contributed by atoms with Crippen molar-refractivity contribution < 1.29 is 9.47 Å². The Morgan fingerprint density at radius 3 is 2.27 bits per heavy atom. The first-order valence-electron chi connectivity index (χ1n) is 4.61. The molecule has 15 heavy (non-hydrogen) atoms. The Bertz CT molecular complexity index is 431. The van der Waals surface area contributed by atoms with Crippen molar-refractivity contribution in [1.82, 2.24) is 0 Å². The third kappa shape index (κ3) is 1.97. The normalized spacial score (nSPS) is 10.0. The van der Waals surface area contributed by atoms with E-state index in [4.69, 9.17) is 9.47 Å². The lowest BCUT2D eigenvalue weighted by Gasteiger charge is -2.04. The highest BCUT2D eigenvalue weighted by molar-refractivity contribution is 7.14. The summed E-state index contributed by atoms with van der Waals surface area (Å²) in [6.07, 6.45) is 0. The highest BCUT2D eigenvalue weighted by Crippen LogP contribution is 2.35. The monoisotopic (exact) mass is 220 g/mol. The Labute approximate surface area is 93.1 Å². The second-order valence-electron chi connectivity index (χ2n) is 3.05. The maximum absolute atomic E-state index is 5.28. The first-order valence-corrected chi connectivity index (χ1v) is 5.49. The van der Waals surface area contributed by atoms with E-state index in [1.807, 2.05) is 35.7 Å². The van der Waals surface area contributed by atoms with Crippen LogP contribution in [0, 0.1) is 0 Å². The molecule has 0 amide bonds. The third-order valence-corrected chi connectivity index (χ3v) is 3.15. The molecule has 2 nitrogen and oxygen atoms in total. The average Bonchev–Trinajstić information content (AvgIpc) is 2.77. The SMILES string of the molecule is COc1ccc(-c2sccc2OC)cc1. The van der Waals surface area contributed by atoms with Crippen LogP contribution in [0.25, 0.3) is 10.4 Å². The van der Waals surface area contributed by atoms with Gasteiger partial charge in [-0.1, -0.05) is 0 Å². The first-order chi connectivity index (χ1) is 7.35. The minimum Gasteiger partial charge on any atom is -0.497 e. The molecule has 0 aliphatic heterocycles. The summed E-state index contributed by atoms with van der Waals surface area (Å²) in [5, 5.41) is 2.03. The highest BCUT2D eigenvalue weighted by atomic mass is 32.1. The molecule has 0 spiro atoms. The fraction of sp³-hybridized carbons (Fsp3) is 0.167. The van der Waals surface area contributed by atoms with Crippen LogP contribution in [0.2, 0.25) is 0 Å². The molecule has 0 N–H and O–H groups in total. The van der Waals surface area contributed by atoms with Crippen molar-refractivity contribution >= 4 is 11.3 Å². The van der Waals surface area contributed by atoms with Crippen molar-refractivity contribution in [2.45, 2.75) is 0 Å². The minimum atomic E-state index is 0.870. The van der Waals surface area contributed by atoms with Gasteiger partial charge in [0, 0.05) is 0 Å². The van der Waals surface area contributed by atoms with E-state index in [1.165, 1.54) is 0 Å². The van der Waals surface area contributed by atoms with Crippen LogP contribution in [0.4, 0.5) is 0 Å². The van der Waals surface area contributed by atoms with E-state index in [0.717, 1.165) is 21.9 Å². The molecular weight excluding hydrogens is 208 g/mol. The standard InChI is InChI=1S/C12H12O2S/c1-13-10-5-3-9(4-6-10)12-11(14-2)7-8-15-12/h3-8H,1-2H3. The molecule has 0 bridgehead atoms. The fourth-order valence-corrected chi connectivity index (χ4v) is 2.28.